The quantitative estimate of drug-likeness (QED) is 0.109. The Bertz CT molecular complexity index is 1800. The Hall–Kier alpha value is -4.41. The number of hydrogen-bond donors (Lipinski definition) is 0. The van der Waals surface area contributed by atoms with Gasteiger partial charge in [0.2, 0.25) is 5.43 Å². The highest BCUT2D eigenvalue weighted by Gasteiger charge is 2.37. The van der Waals surface area contributed by atoms with Crippen molar-refractivity contribution in [2.45, 2.75) is 39.0 Å². The van der Waals surface area contributed by atoms with Gasteiger partial charge in [0.15, 0.2) is 0 Å². The second kappa shape index (κ2) is 15.4. The van der Waals surface area contributed by atoms with Crippen molar-refractivity contribution >= 4 is 22.5 Å². The van der Waals surface area contributed by atoms with E-state index in [1.165, 1.54) is 86.6 Å². The minimum atomic E-state index is -0.522. The van der Waals surface area contributed by atoms with E-state index >= 15 is 0 Å². The van der Waals surface area contributed by atoms with Crippen LogP contribution in [0, 0.1) is 5.82 Å². The fourth-order valence-corrected chi connectivity index (χ4v) is 7.26. The van der Waals surface area contributed by atoms with E-state index in [1.54, 1.807) is 62.2 Å². The van der Waals surface area contributed by atoms with Crippen LogP contribution in [-0.2, 0) is 0 Å². The predicted molar refractivity (Wildman–Crippen MR) is 191 cm³/mol. The van der Waals surface area contributed by atoms with Crippen molar-refractivity contribution in [2.24, 2.45) is 0 Å². The van der Waals surface area contributed by atoms with E-state index in [0.717, 1.165) is 12.8 Å². The second-order valence-corrected chi connectivity index (χ2v) is 13.2. The molecule has 3 fully saturated rings. The average Bonchev–Trinajstić information content (AvgIpc) is 3.13. The fourth-order valence-electron chi connectivity index (χ4n) is 7.26. The standard InChI is InChI=1S/C39H48FN4O5/c1-4-42(30-12-10-11-29(40)23-30)39(46)36-28-43(31-24-33(47-2)26-34(25-31)48-3)37-27-32(13-14-35(37)38(36)45)49-22-9-7-5-6-8-18-44-19-15-41(16-20-44)17-21-44/h10-14,23-28H,4-9,15-22H2,1-3H3/q+1. The molecule has 1 amide bonds. The van der Waals surface area contributed by atoms with Gasteiger partial charge in [-0.25, -0.2) is 4.39 Å². The number of carbonyl (C=O) groups is 1. The first kappa shape index (κ1) is 34.5. The highest BCUT2D eigenvalue weighted by Crippen LogP contribution is 2.30. The molecule has 49 heavy (non-hydrogen) atoms. The predicted octanol–water partition coefficient (Wildman–Crippen LogP) is 6.29. The number of benzene rings is 3. The maximum atomic E-state index is 14.1. The van der Waals surface area contributed by atoms with Gasteiger partial charge in [-0.2, -0.15) is 0 Å². The van der Waals surface area contributed by atoms with E-state index in [1.807, 2.05) is 18.2 Å². The molecule has 0 atom stereocenters. The maximum Gasteiger partial charge on any atom is 0.263 e. The molecule has 3 aliphatic heterocycles. The first-order valence-electron chi connectivity index (χ1n) is 17.5. The number of unbranched alkanes of at least 4 members (excludes halogenated alkanes) is 4. The highest BCUT2D eigenvalue weighted by molar-refractivity contribution is 6.07. The molecule has 0 spiro atoms. The van der Waals surface area contributed by atoms with Gasteiger partial charge in [0, 0.05) is 67.7 Å². The number of carbonyl (C=O) groups excluding carboxylic acids is 1. The molecular formula is C39H48FN4O5+. The molecule has 0 N–H and O–H groups in total. The van der Waals surface area contributed by atoms with Gasteiger partial charge in [-0.1, -0.05) is 18.9 Å². The van der Waals surface area contributed by atoms with Gasteiger partial charge in [0.05, 0.1) is 58.2 Å². The van der Waals surface area contributed by atoms with Crippen molar-refractivity contribution in [1.82, 2.24) is 9.47 Å². The first-order chi connectivity index (χ1) is 23.8. The zero-order valence-corrected chi connectivity index (χ0v) is 29.0. The van der Waals surface area contributed by atoms with Gasteiger partial charge >= 0.3 is 0 Å². The monoisotopic (exact) mass is 671 g/mol. The number of rotatable bonds is 15. The summed E-state index contributed by atoms with van der Waals surface area (Å²) < 4.78 is 34.5. The minimum absolute atomic E-state index is 0.0404. The van der Waals surface area contributed by atoms with Crippen LogP contribution in [0.5, 0.6) is 17.2 Å². The molecule has 9 nitrogen and oxygen atoms in total. The summed E-state index contributed by atoms with van der Waals surface area (Å²) in [5.74, 6) is 0.768. The summed E-state index contributed by atoms with van der Waals surface area (Å²) in [6, 6.07) is 16.5. The van der Waals surface area contributed by atoms with E-state index in [-0.39, 0.29) is 12.1 Å². The summed E-state index contributed by atoms with van der Waals surface area (Å²) in [5, 5.41) is 0.358. The third kappa shape index (κ3) is 7.76. The van der Waals surface area contributed by atoms with Gasteiger partial charge in [-0.3, -0.25) is 14.5 Å². The van der Waals surface area contributed by atoms with Crippen LogP contribution in [0.4, 0.5) is 10.1 Å². The van der Waals surface area contributed by atoms with Crippen LogP contribution < -0.4 is 24.5 Å². The lowest BCUT2D eigenvalue weighted by Crippen LogP contribution is -2.67. The lowest BCUT2D eigenvalue weighted by molar-refractivity contribution is -0.941. The number of nitrogens with zero attached hydrogens (tertiary/aromatic N) is 4. The number of amides is 1. The zero-order chi connectivity index (χ0) is 34.4. The third-order valence-electron chi connectivity index (χ3n) is 10.2. The van der Waals surface area contributed by atoms with Crippen molar-refractivity contribution in [3.63, 3.8) is 0 Å². The third-order valence-corrected chi connectivity index (χ3v) is 10.2. The molecule has 260 valence electrons. The lowest BCUT2D eigenvalue weighted by atomic mass is 10.1. The summed E-state index contributed by atoms with van der Waals surface area (Å²) in [7, 11) is 3.14. The minimum Gasteiger partial charge on any atom is -0.497 e. The molecular weight excluding hydrogens is 623 g/mol. The summed E-state index contributed by atoms with van der Waals surface area (Å²) in [4.78, 5) is 31.9. The smallest absolute Gasteiger partial charge is 0.263 e. The van der Waals surface area contributed by atoms with Crippen molar-refractivity contribution in [1.29, 1.82) is 0 Å². The van der Waals surface area contributed by atoms with E-state index in [0.29, 0.717) is 46.1 Å². The van der Waals surface area contributed by atoms with Crippen LogP contribution in [0.15, 0.2) is 71.7 Å². The highest BCUT2D eigenvalue weighted by atomic mass is 19.1. The number of fused-ring (bicyclic) bond motifs is 4. The van der Waals surface area contributed by atoms with Crippen LogP contribution in [0.2, 0.25) is 0 Å². The number of quaternary nitrogens is 1. The van der Waals surface area contributed by atoms with E-state index in [2.05, 4.69) is 4.90 Å². The molecule has 3 aliphatic rings. The number of methoxy groups -OCH3 is 2. The average molecular weight is 672 g/mol. The van der Waals surface area contributed by atoms with Gasteiger partial charge in [0.1, 0.15) is 28.6 Å². The first-order valence-corrected chi connectivity index (χ1v) is 17.5. The number of anilines is 1. The van der Waals surface area contributed by atoms with Crippen LogP contribution in [0.25, 0.3) is 16.6 Å². The number of pyridine rings is 1. The summed E-state index contributed by atoms with van der Waals surface area (Å²) in [6.07, 6.45) is 7.35. The molecule has 10 heteroatoms. The van der Waals surface area contributed by atoms with E-state index in [9.17, 15) is 14.0 Å². The maximum absolute atomic E-state index is 14.1. The van der Waals surface area contributed by atoms with Crippen LogP contribution >= 0.6 is 0 Å². The summed E-state index contributed by atoms with van der Waals surface area (Å²) >= 11 is 0. The molecule has 2 bridgehead atoms. The Labute approximate surface area is 288 Å². The molecule has 3 aromatic carbocycles. The van der Waals surface area contributed by atoms with Crippen LogP contribution in [0.1, 0.15) is 49.4 Å². The van der Waals surface area contributed by atoms with E-state index in [4.69, 9.17) is 14.2 Å². The molecule has 7 rings (SSSR count). The Kier molecular flexibility index (Phi) is 10.8. The summed E-state index contributed by atoms with van der Waals surface area (Å²) in [5.41, 5.74) is 1.14. The van der Waals surface area contributed by atoms with Crippen LogP contribution in [-0.4, -0.2) is 93.0 Å². The lowest BCUT2D eigenvalue weighted by Gasteiger charge is -2.50. The molecule has 1 aromatic heterocycles. The molecule has 0 unspecified atom stereocenters. The Morgan fingerprint density at radius 1 is 0.857 bits per heavy atom. The zero-order valence-electron chi connectivity index (χ0n) is 29.0. The Morgan fingerprint density at radius 3 is 2.22 bits per heavy atom. The second-order valence-electron chi connectivity index (χ2n) is 13.2. The van der Waals surface area contributed by atoms with E-state index < -0.39 is 17.2 Å². The van der Waals surface area contributed by atoms with Gasteiger partial charge in [-0.15, -0.1) is 0 Å². The van der Waals surface area contributed by atoms with Crippen molar-refractivity contribution in [3.8, 4) is 22.9 Å². The Balaban J connectivity index is 1.20. The topological polar surface area (TPSA) is 73.2 Å². The number of hydrogen-bond acceptors (Lipinski definition) is 6. The Morgan fingerprint density at radius 2 is 1.55 bits per heavy atom. The summed E-state index contributed by atoms with van der Waals surface area (Å²) in [6.45, 7) is 11.7. The molecule has 4 heterocycles. The van der Waals surface area contributed by atoms with Crippen molar-refractivity contribution in [3.05, 3.63) is 88.5 Å². The fraction of sp³-hybridized carbons (Fsp3) is 0.436. The number of aromatic nitrogens is 1. The number of piperazine rings is 3. The van der Waals surface area contributed by atoms with Gasteiger partial charge in [-0.05, 0) is 56.5 Å². The number of ether oxygens (including phenoxy) is 3. The molecule has 0 radical (unpaired) electrons. The number of halogens is 1. The van der Waals surface area contributed by atoms with Crippen molar-refractivity contribution in [2.75, 3.05) is 78.1 Å². The van der Waals surface area contributed by atoms with Gasteiger partial charge < -0.3 is 28.2 Å². The van der Waals surface area contributed by atoms with Gasteiger partial charge in [0.25, 0.3) is 5.91 Å². The largest absolute Gasteiger partial charge is 0.497 e. The SMILES string of the molecule is CCN(C(=O)c1cn(-c2cc(OC)cc(OC)c2)c2cc(OCCCCCCC[N+]34CCN(CC3)CC4)ccc2c1=O)c1cccc(F)c1. The molecule has 4 aromatic rings. The van der Waals surface area contributed by atoms with Crippen LogP contribution in [0.3, 0.4) is 0 Å². The molecule has 3 saturated heterocycles. The molecule has 0 aliphatic carbocycles. The normalized spacial score (nSPS) is 18.4. The molecule has 0 saturated carbocycles. The van der Waals surface area contributed by atoms with Crippen molar-refractivity contribution < 1.29 is 27.9 Å².